The van der Waals surface area contributed by atoms with Crippen LogP contribution in [0.4, 0.5) is 23.1 Å². The molecular weight excluding hydrogens is 300 g/mol. The summed E-state index contributed by atoms with van der Waals surface area (Å²) >= 11 is 0. The van der Waals surface area contributed by atoms with Crippen LogP contribution in [-0.2, 0) is 0 Å². The van der Waals surface area contributed by atoms with Gasteiger partial charge in [0.15, 0.2) is 0 Å². The number of fused-ring (bicyclic) bond motifs is 1. The van der Waals surface area contributed by atoms with Gasteiger partial charge in [-0.25, -0.2) is 4.98 Å². The second-order valence-corrected chi connectivity index (χ2v) is 5.55. The lowest BCUT2D eigenvalue weighted by Crippen LogP contribution is -2.00. The highest BCUT2D eigenvalue weighted by atomic mass is 15.1. The lowest BCUT2D eigenvalue weighted by molar-refractivity contribution is 1.12. The van der Waals surface area contributed by atoms with Gasteiger partial charge in [-0.1, -0.05) is 17.7 Å². The summed E-state index contributed by atoms with van der Waals surface area (Å²) in [6.07, 6.45) is 3.52. The fourth-order valence-electron chi connectivity index (χ4n) is 2.42. The average molecular weight is 316 g/mol. The zero-order valence-electron chi connectivity index (χ0n) is 13.1. The number of aryl methyl sites for hydroxylation is 1. The zero-order chi connectivity index (χ0) is 16.4. The molecule has 2 aromatic carbocycles. The molecule has 118 valence electrons. The molecule has 0 saturated heterocycles. The molecule has 3 N–H and O–H groups in total. The van der Waals surface area contributed by atoms with Crippen molar-refractivity contribution in [3.05, 3.63) is 66.5 Å². The molecule has 0 radical (unpaired) electrons. The molecule has 2 heterocycles. The first kappa shape index (κ1) is 14.2. The average Bonchev–Trinajstić information content (AvgIpc) is 3.05. The Hall–Kier alpha value is -3.41. The number of nitrogens with zero attached hydrogens (tertiary/aromatic N) is 3. The molecule has 4 rings (SSSR count). The predicted molar refractivity (Wildman–Crippen MR) is 95.9 cm³/mol. The highest BCUT2D eigenvalue weighted by Gasteiger charge is 2.02. The fraction of sp³-hybridized carbons (Fsp3) is 0.0556. The molecule has 24 heavy (non-hydrogen) atoms. The topological polar surface area (TPSA) is 78.5 Å². The molecule has 0 aliphatic rings. The Bertz CT molecular complexity index is 974. The molecule has 0 atom stereocenters. The van der Waals surface area contributed by atoms with Crippen molar-refractivity contribution < 1.29 is 0 Å². The zero-order valence-corrected chi connectivity index (χ0v) is 13.1. The van der Waals surface area contributed by atoms with Crippen LogP contribution in [0.15, 0.2) is 60.9 Å². The van der Waals surface area contributed by atoms with E-state index in [9.17, 15) is 0 Å². The van der Waals surface area contributed by atoms with E-state index in [0.717, 1.165) is 28.1 Å². The first-order valence-electron chi connectivity index (χ1n) is 7.63. The van der Waals surface area contributed by atoms with Gasteiger partial charge in [0, 0.05) is 23.0 Å². The van der Waals surface area contributed by atoms with Gasteiger partial charge in [-0.3, -0.25) is 5.10 Å². The standard InChI is InChI=1S/C18H16N6/c1-12-2-4-14(5-3-12)22-18-19-9-8-17(23-18)21-15-6-7-16-13(10-15)11-20-24-16/h2-11H,1H3,(H,20,24)(H2,19,21,22,23). The van der Waals surface area contributed by atoms with Gasteiger partial charge in [-0.2, -0.15) is 10.1 Å². The summed E-state index contributed by atoms with van der Waals surface area (Å²) in [6, 6.07) is 15.9. The molecule has 0 fully saturated rings. The van der Waals surface area contributed by atoms with Gasteiger partial charge in [0.05, 0.1) is 11.7 Å². The first-order valence-corrected chi connectivity index (χ1v) is 7.63. The minimum Gasteiger partial charge on any atom is -0.340 e. The number of aromatic amines is 1. The van der Waals surface area contributed by atoms with E-state index < -0.39 is 0 Å². The molecule has 0 unspecified atom stereocenters. The van der Waals surface area contributed by atoms with Crippen molar-refractivity contribution in [1.29, 1.82) is 0 Å². The number of aromatic nitrogens is 4. The van der Waals surface area contributed by atoms with Gasteiger partial charge < -0.3 is 10.6 Å². The Morgan fingerprint density at radius 1 is 0.917 bits per heavy atom. The molecule has 0 spiro atoms. The first-order chi connectivity index (χ1) is 11.8. The third kappa shape index (κ3) is 3.03. The van der Waals surface area contributed by atoms with Crippen molar-refractivity contribution in [2.45, 2.75) is 6.92 Å². The number of H-pyrrole nitrogens is 1. The second-order valence-electron chi connectivity index (χ2n) is 5.55. The monoisotopic (exact) mass is 316 g/mol. The summed E-state index contributed by atoms with van der Waals surface area (Å²) in [4.78, 5) is 8.76. The Kier molecular flexibility index (Phi) is 3.55. The van der Waals surface area contributed by atoms with E-state index in [1.807, 2.05) is 48.5 Å². The van der Waals surface area contributed by atoms with E-state index in [2.05, 4.69) is 37.7 Å². The van der Waals surface area contributed by atoms with Gasteiger partial charge in [0.2, 0.25) is 5.95 Å². The van der Waals surface area contributed by atoms with Crippen molar-refractivity contribution in [2.75, 3.05) is 10.6 Å². The minimum absolute atomic E-state index is 0.549. The number of hydrogen-bond acceptors (Lipinski definition) is 5. The third-order valence-electron chi connectivity index (χ3n) is 3.68. The summed E-state index contributed by atoms with van der Waals surface area (Å²) in [6.45, 7) is 2.06. The minimum atomic E-state index is 0.549. The van der Waals surface area contributed by atoms with Crippen LogP contribution in [0.5, 0.6) is 0 Å². The van der Waals surface area contributed by atoms with Crippen molar-refractivity contribution >= 4 is 34.0 Å². The number of hydrogen-bond donors (Lipinski definition) is 3. The summed E-state index contributed by atoms with van der Waals surface area (Å²) in [5.41, 5.74) is 4.12. The number of benzene rings is 2. The quantitative estimate of drug-likeness (QED) is 0.527. The predicted octanol–water partition coefficient (Wildman–Crippen LogP) is 4.15. The van der Waals surface area contributed by atoms with Crippen LogP contribution in [0, 0.1) is 6.92 Å². The van der Waals surface area contributed by atoms with Crippen LogP contribution in [0.1, 0.15) is 5.56 Å². The van der Waals surface area contributed by atoms with Crippen LogP contribution in [0.3, 0.4) is 0 Å². The molecule has 6 heteroatoms. The summed E-state index contributed by atoms with van der Waals surface area (Å²) in [5, 5.41) is 14.5. The summed E-state index contributed by atoms with van der Waals surface area (Å²) in [7, 11) is 0. The lowest BCUT2D eigenvalue weighted by Gasteiger charge is -2.09. The molecule has 0 bridgehead atoms. The van der Waals surface area contributed by atoms with E-state index in [4.69, 9.17) is 0 Å². The van der Waals surface area contributed by atoms with Crippen LogP contribution in [0.2, 0.25) is 0 Å². The van der Waals surface area contributed by atoms with E-state index in [1.165, 1.54) is 5.56 Å². The van der Waals surface area contributed by atoms with Crippen LogP contribution < -0.4 is 10.6 Å². The molecule has 4 aromatic rings. The van der Waals surface area contributed by atoms with Crippen molar-refractivity contribution in [3.8, 4) is 0 Å². The van der Waals surface area contributed by atoms with Gasteiger partial charge in [-0.15, -0.1) is 0 Å². The van der Waals surface area contributed by atoms with Gasteiger partial charge in [-0.05, 0) is 43.3 Å². The highest BCUT2D eigenvalue weighted by molar-refractivity contribution is 5.82. The fourth-order valence-corrected chi connectivity index (χ4v) is 2.42. The van der Waals surface area contributed by atoms with E-state index in [1.54, 1.807) is 12.4 Å². The lowest BCUT2D eigenvalue weighted by atomic mass is 10.2. The van der Waals surface area contributed by atoms with E-state index in [0.29, 0.717) is 5.95 Å². The smallest absolute Gasteiger partial charge is 0.229 e. The van der Waals surface area contributed by atoms with Gasteiger partial charge in [0.25, 0.3) is 0 Å². The maximum Gasteiger partial charge on any atom is 0.229 e. The van der Waals surface area contributed by atoms with Crippen molar-refractivity contribution in [2.24, 2.45) is 0 Å². The maximum absolute atomic E-state index is 4.50. The second kappa shape index (κ2) is 6.00. The molecule has 0 saturated carbocycles. The Morgan fingerprint density at radius 2 is 1.75 bits per heavy atom. The Labute approximate surface area is 139 Å². The van der Waals surface area contributed by atoms with Crippen LogP contribution in [0.25, 0.3) is 10.9 Å². The van der Waals surface area contributed by atoms with Crippen molar-refractivity contribution in [3.63, 3.8) is 0 Å². The van der Waals surface area contributed by atoms with Gasteiger partial charge >= 0.3 is 0 Å². The van der Waals surface area contributed by atoms with E-state index >= 15 is 0 Å². The van der Waals surface area contributed by atoms with Crippen LogP contribution in [-0.4, -0.2) is 20.2 Å². The third-order valence-corrected chi connectivity index (χ3v) is 3.68. The molecule has 0 aliphatic carbocycles. The maximum atomic E-state index is 4.50. The molecule has 2 aromatic heterocycles. The molecule has 0 aliphatic heterocycles. The molecular formula is C18H16N6. The largest absolute Gasteiger partial charge is 0.340 e. The summed E-state index contributed by atoms with van der Waals surface area (Å²) in [5.74, 6) is 1.27. The Morgan fingerprint density at radius 3 is 2.62 bits per heavy atom. The number of nitrogens with one attached hydrogen (secondary N) is 3. The van der Waals surface area contributed by atoms with E-state index in [-0.39, 0.29) is 0 Å². The summed E-state index contributed by atoms with van der Waals surface area (Å²) < 4.78 is 0. The van der Waals surface area contributed by atoms with Crippen molar-refractivity contribution in [1.82, 2.24) is 20.2 Å². The number of rotatable bonds is 4. The molecule has 6 nitrogen and oxygen atoms in total. The Balaban J connectivity index is 1.54. The number of anilines is 4. The highest BCUT2D eigenvalue weighted by Crippen LogP contribution is 2.21. The normalized spacial score (nSPS) is 10.7. The SMILES string of the molecule is Cc1ccc(Nc2nccc(Nc3ccc4[nH]ncc4c3)n2)cc1. The van der Waals surface area contributed by atoms with Crippen LogP contribution >= 0.6 is 0 Å². The molecule has 0 amide bonds. The van der Waals surface area contributed by atoms with Gasteiger partial charge in [0.1, 0.15) is 5.82 Å².